The van der Waals surface area contributed by atoms with E-state index in [-0.39, 0.29) is 0 Å². The maximum atomic E-state index is 5.89. The molecule has 1 heterocycles. The first kappa shape index (κ1) is 19.1. The van der Waals surface area contributed by atoms with Crippen LogP contribution in [0.2, 0.25) is 0 Å². The predicted molar refractivity (Wildman–Crippen MR) is 120 cm³/mol. The standard InChI is InChI=1S/C23H21N3O2S/c1-27-13-14-28-22-12-11-17-7-5-6-10-19(17)20(22)15-24-26-23-25-21(16-29-23)18-8-3-2-4-9-18/h2-12,15-16H,13-14H2,1H3,(H,25,26). The molecule has 0 saturated carbocycles. The topological polar surface area (TPSA) is 55.7 Å². The summed E-state index contributed by atoms with van der Waals surface area (Å²) in [4.78, 5) is 4.60. The van der Waals surface area contributed by atoms with Crippen LogP contribution in [0, 0.1) is 0 Å². The summed E-state index contributed by atoms with van der Waals surface area (Å²) in [5, 5.41) is 9.39. The van der Waals surface area contributed by atoms with Crippen molar-refractivity contribution in [3.63, 3.8) is 0 Å². The number of anilines is 1. The van der Waals surface area contributed by atoms with Gasteiger partial charge in [0.05, 0.1) is 18.5 Å². The molecular weight excluding hydrogens is 382 g/mol. The first-order valence-corrected chi connectivity index (χ1v) is 10.2. The van der Waals surface area contributed by atoms with Crippen LogP contribution in [0.4, 0.5) is 5.13 Å². The van der Waals surface area contributed by atoms with E-state index in [1.165, 1.54) is 11.3 Å². The van der Waals surface area contributed by atoms with Crippen LogP contribution >= 0.6 is 11.3 Å². The third-order valence-electron chi connectivity index (χ3n) is 4.40. The highest BCUT2D eigenvalue weighted by Gasteiger charge is 2.08. The van der Waals surface area contributed by atoms with Gasteiger partial charge in [-0.05, 0) is 16.8 Å². The van der Waals surface area contributed by atoms with Gasteiger partial charge in [0.2, 0.25) is 5.13 Å². The fourth-order valence-corrected chi connectivity index (χ4v) is 3.66. The van der Waals surface area contributed by atoms with Gasteiger partial charge in [-0.3, -0.25) is 5.43 Å². The van der Waals surface area contributed by atoms with E-state index in [1.807, 2.05) is 53.9 Å². The van der Waals surface area contributed by atoms with E-state index in [1.54, 1.807) is 13.3 Å². The van der Waals surface area contributed by atoms with E-state index >= 15 is 0 Å². The van der Waals surface area contributed by atoms with Crippen molar-refractivity contribution < 1.29 is 9.47 Å². The van der Waals surface area contributed by atoms with Crippen LogP contribution in [-0.4, -0.2) is 31.5 Å². The van der Waals surface area contributed by atoms with Gasteiger partial charge in [-0.1, -0.05) is 60.7 Å². The highest BCUT2D eigenvalue weighted by molar-refractivity contribution is 7.14. The molecule has 1 N–H and O–H groups in total. The SMILES string of the molecule is COCCOc1ccc2ccccc2c1C=NNc1nc(-c2ccccc2)cs1. The van der Waals surface area contributed by atoms with E-state index in [2.05, 4.69) is 33.7 Å². The Bertz CT molecular complexity index is 1110. The lowest BCUT2D eigenvalue weighted by Gasteiger charge is -2.11. The number of ether oxygens (including phenoxy) is 2. The second kappa shape index (κ2) is 9.32. The number of hydrazone groups is 1. The lowest BCUT2D eigenvalue weighted by molar-refractivity contribution is 0.146. The van der Waals surface area contributed by atoms with Crippen LogP contribution in [0.3, 0.4) is 0 Å². The van der Waals surface area contributed by atoms with Crippen molar-refractivity contribution in [3.8, 4) is 17.0 Å². The number of benzene rings is 3. The zero-order chi connectivity index (χ0) is 19.9. The van der Waals surface area contributed by atoms with Gasteiger partial charge in [0.1, 0.15) is 12.4 Å². The smallest absolute Gasteiger partial charge is 0.203 e. The Morgan fingerprint density at radius 3 is 2.69 bits per heavy atom. The highest BCUT2D eigenvalue weighted by atomic mass is 32.1. The van der Waals surface area contributed by atoms with Crippen LogP contribution in [0.1, 0.15) is 5.56 Å². The fraction of sp³-hybridized carbons (Fsp3) is 0.130. The number of aromatic nitrogens is 1. The predicted octanol–water partition coefficient (Wildman–Crippen LogP) is 5.43. The van der Waals surface area contributed by atoms with Gasteiger partial charge >= 0.3 is 0 Å². The Hall–Kier alpha value is -3.22. The Labute approximate surface area is 173 Å². The molecule has 0 atom stereocenters. The van der Waals surface area contributed by atoms with Gasteiger partial charge in [0, 0.05) is 23.6 Å². The molecule has 0 bridgehead atoms. The molecule has 146 valence electrons. The summed E-state index contributed by atoms with van der Waals surface area (Å²) in [5.41, 5.74) is 5.98. The minimum Gasteiger partial charge on any atom is -0.490 e. The van der Waals surface area contributed by atoms with Crippen molar-refractivity contribution in [1.82, 2.24) is 4.98 Å². The number of nitrogens with one attached hydrogen (secondary N) is 1. The second-order valence-electron chi connectivity index (χ2n) is 6.31. The molecule has 4 rings (SSSR count). The molecule has 3 aromatic carbocycles. The van der Waals surface area contributed by atoms with E-state index in [0.29, 0.717) is 13.2 Å². The van der Waals surface area contributed by atoms with Crippen LogP contribution in [-0.2, 0) is 4.74 Å². The van der Waals surface area contributed by atoms with Crippen molar-refractivity contribution in [1.29, 1.82) is 0 Å². The molecule has 6 heteroatoms. The van der Waals surface area contributed by atoms with Crippen LogP contribution in [0.5, 0.6) is 5.75 Å². The third kappa shape index (κ3) is 4.62. The summed E-state index contributed by atoms with van der Waals surface area (Å²) in [6.45, 7) is 1.01. The molecule has 0 saturated heterocycles. The minimum absolute atomic E-state index is 0.482. The van der Waals surface area contributed by atoms with Crippen LogP contribution in [0.15, 0.2) is 77.2 Å². The Balaban J connectivity index is 1.56. The molecule has 29 heavy (non-hydrogen) atoms. The minimum atomic E-state index is 0.482. The molecule has 0 fully saturated rings. The average Bonchev–Trinajstić information content (AvgIpc) is 3.24. The number of rotatable bonds is 8. The first-order chi connectivity index (χ1) is 14.3. The maximum Gasteiger partial charge on any atom is 0.203 e. The molecule has 1 aromatic heterocycles. The summed E-state index contributed by atoms with van der Waals surface area (Å²) in [5.74, 6) is 0.774. The normalized spacial score (nSPS) is 11.2. The molecule has 0 spiro atoms. The quantitative estimate of drug-likeness (QED) is 0.242. The maximum absolute atomic E-state index is 5.89. The van der Waals surface area contributed by atoms with Gasteiger partial charge in [-0.2, -0.15) is 5.10 Å². The molecule has 0 radical (unpaired) electrons. The summed E-state index contributed by atoms with van der Waals surface area (Å²) in [6, 6.07) is 22.3. The van der Waals surface area contributed by atoms with Crippen LogP contribution < -0.4 is 10.2 Å². The van der Waals surface area contributed by atoms with E-state index in [9.17, 15) is 0 Å². The van der Waals surface area contributed by atoms with E-state index < -0.39 is 0 Å². The number of methoxy groups -OCH3 is 1. The molecule has 0 aliphatic rings. The van der Waals surface area contributed by atoms with Crippen molar-refractivity contribution >= 4 is 33.5 Å². The molecule has 0 amide bonds. The van der Waals surface area contributed by atoms with E-state index in [0.717, 1.165) is 38.5 Å². The van der Waals surface area contributed by atoms with Crippen molar-refractivity contribution in [2.45, 2.75) is 0 Å². The zero-order valence-electron chi connectivity index (χ0n) is 16.0. The van der Waals surface area contributed by atoms with Gasteiger partial charge in [-0.25, -0.2) is 4.98 Å². The summed E-state index contributed by atoms with van der Waals surface area (Å²) in [7, 11) is 1.66. The molecular formula is C23H21N3O2S. The molecule has 5 nitrogen and oxygen atoms in total. The average molecular weight is 404 g/mol. The monoisotopic (exact) mass is 403 g/mol. The highest BCUT2D eigenvalue weighted by Crippen LogP contribution is 2.27. The van der Waals surface area contributed by atoms with Gasteiger partial charge < -0.3 is 9.47 Å². The number of nitrogens with zero attached hydrogens (tertiary/aromatic N) is 2. The lowest BCUT2D eigenvalue weighted by atomic mass is 10.0. The van der Waals surface area contributed by atoms with Crippen LogP contribution in [0.25, 0.3) is 22.0 Å². The molecule has 0 aliphatic heterocycles. The Morgan fingerprint density at radius 2 is 1.83 bits per heavy atom. The number of fused-ring (bicyclic) bond motifs is 1. The molecule has 0 unspecified atom stereocenters. The Morgan fingerprint density at radius 1 is 1.00 bits per heavy atom. The van der Waals surface area contributed by atoms with Gasteiger partial charge in [0.25, 0.3) is 0 Å². The number of hydrogen-bond acceptors (Lipinski definition) is 6. The van der Waals surface area contributed by atoms with Crippen molar-refractivity contribution in [2.24, 2.45) is 5.10 Å². The second-order valence-corrected chi connectivity index (χ2v) is 7.17. The summed E-state index contributed by atoms with van der Waals surface area (Å²) >= 11 is 1.52. The number of thiazole rings is 1. The summed E-state index contributed by atoms with van der Waals surface area (Å²) < 4.78 is 11.0. The first-order valence-electron chi connectivity index (χ1n) is 9.28. The zero-order valence-corrected chi connectivity index (χ0v) is 16.9. The van der Waals surface area contributed by atoms with Gasteiger partial charge in [0.15, 0.2) is 0 Å². The van der Waals surface area contributed by atoms with E-state index in [4.69, 9.17) is 9.47 Å². The fourth-order valence-electron chi connectivity index (χ4n) is 2.99. The molecule has 0 aliphatic carbocycles. The number of hydrogen-bond donors (Lipinski definition) is 1. The van der Waals surface area contributed by atoms with Gasteiger partial charge in [-0.15, -0.1) is 11.3 Å². The Kier molecular flexibility index (Phi) is 6.14. The largest absolute Gasteiger partial charge is 0.490 e. The molecule has 4 aromatic rings. The van der Waals surface area contributed by atoms with Crippen molar-refractivity contribution in [2.75, 3.05) is 25.7 Å². The van der Waals surface area contributed by atoms with Crippen molar-refractivity contribution in [3.05, 3.63) is 77.7 Å². The third-order valence-corrected chi connectivity index (χ3v) is 5.15. The lowest BCUT2D eigenvalue weighted by Crippen LogP contribution is -2.06. The summed E-state index contributed by atoms with van der Waals surface area (Å²) in [6.07, 6.45) is 1.79.